The molecule has 0 bridgehead atoms. The Kier molecular flexibility index (Phi) is 6.08. The van der Waals surface area contributed by atoms with Gasteiger partial charge in [-0.3, -0.25) is 19.4 Å². The van der Waals surface area contributed by atoms with Gasteiger partial charge < -0.3 is 14.7 Å². The van der Waals surface area contributed by atoms with Gasteiger partial charge in [-0.1, -0.05) is 0 Å². The smallest absolute Gasteiger partial charge is 0.255 e. The van der Waals surface area contributed by atoms with Crippen molar-refractivity contribution in [2.75, 3.05) is 39.3 Å². The van der Waals surface area contributed by atoms with E-state index in [1.807, 2.05) is 27.7 Å². The Morgan fingerprint density at radius 1 is 0.926 bits per heavy atom. The van der Waals surface area contributed by atoms with Crippen molar-refractivity contribution in [3.05, 3.63) is 29.6 Å². The molecule has 7 nitrogen and oxygen atoms in total. The van der Waals surface area contributed by atoms with E-state index in [4.69, 9.17) is 0 Å². The molecule has 0 radical (unpaired) electrons. The minimum absolute atomic E-state index is 0.0100. The zero-order valence-electron chi connectivity index (χ0n) is 16.2. The zero-order valence-corrected chi connectivity index (χ0v) is 16.2. The molecule has 0 atom stereocenters. The number of carbonyl (C=O) groups excluding carboxylic acids is 3. The molecule has 1 aromatic rings. The van der Waals surface area contributed by atoms with Gasteiger partial charge in [0.2, 0.25) is 11.8 Å². The first-order valence-corrected chi connectivity index (χ1v) is 9.72. The second-order valence-electron chi connectivity index (χ2n) is 7.44. The first kappa shape index (κ1) is 19.3. The van der Waals surface area contributed by atoms with E-state index in [-0.39, 0.29) is 23.6 Å². The maximum absolute atomic E-state index is 12.9. The van der Waals surface area contributed by atoms with Crippen molar-refractivity contribution >= 4 is 17.7 Å². The highest BCUT2D eigenvalue weighted by Crippen LogP contribution is 2.21. The molecule has 2 aliphatic rings. The van der Waals surface area contributed by atoms with Gasteiger partial charge >= 0.3 is 0 Å². The molecule has 0 spiro atoms. The fourth-order valence-electron chi connectivity index (χ4n) is 3.82. The third kappa shape index (κ3) is 4.64. The largest absolute Gasteiger partial charge is 0.343 e. The van der Waals surface area contributed by atoms with Crippen molar-refractivity contribution in [3.8, 4) is 0 Å². The van der Waals surface area contributed by atoms with Crippen LogP contribution in [0.3, 0.4) is 0 Å². The maximum atomic E-state index is 12.9. The molecule has 2 saturated heterocycles. The highest BCUT2D eigenvalue weighted by molar-refractivity contribution is 5.94. The minimum atomic E-state index is -0.0217. The quantitative estimate of drug-likeness (QED) is 0.785. The van der Waals surface area contributed by atoms with E-state index in [9.17, 15) is 14.4 Å². The lowest BCUT2D eigenvalue weighted by atomic mass is 9.95. The fourth-order valence-corrected chi connectivity index (χ4v) is 3.82. The summed E-state index contributed by atoms with van der Waals surface area (Å²) in [7, 11) is 0. The number of hydrogen-bond donors (Lipinski definition) is 0. The van der Waals surface area contributed by atoms with Crippen LogP contribution in [0.15, 0.2) is 18.3 Å². The van der Waals surface area contributed by atoms with Crippen LogP contribution in [-0.4, -0.2) is 76.7 Å². The Hall–Kier alpha value is -2.44. The summed E-state index contributed by atoms with van der Waals surface area (Å²) in [6.45, 7) is 7.23. The summed E-state index contributed by atoms with van der Waals surface area (Å²) >= 11 is 0. The summed E-state index contributed by atoms with van der Waals surface area (Å²) in [6, 6.07) is 3.65. The molecule has 27 heavy (non-hydrogen) atoms. The van der Waals surface area contributed by atoms with E-state index in [0.717, 1.165) is 25.0 Å². The highest BCUT2D eigenvalue weighted by atomic mass is 16.2. The number of rotatable bonds is 2. The van der Waals surface area contributed by atoms with E-state index in [1.165, 1.54) is 0 Å². The molecule has 7 heteroatoms. The van der Waals surface area contributed by atoms with Crippen molar-refractivity contribution in [3.63, 3.8) is 0 Å². The first-order valence-electron chi connectivity index (χ1n) is 9.72. The van der Waals surface area contributed by atoms with Gasteiger partial charge in [0.15, 0.2) is 0 Å². The SMILES string of the molecule is CC(=O)N1CCC(C(=O)N2CCCN(C(=O)c3ccc(C)nc3)CC2)CC1. The van der Waals surface area contributed by atoms with Crippen molar-refractivity contribution in [1.29, 1.82) is 0 Å². The van der Waals surface area contributed by atoms with E-state index in [0.29, 0.717) is 44.8 Å². The molecular formula is C20H28N4O3. The first-order chi connectivity index (χ1) is 13.0. The van der Waals surface area contributed by atoms with Crippen molar-refractivity contribution in [2.45, 2.75) is 33.1 Å². The van der Waals surface area contributed by atoms with Gasteiger partial charge in [-0.25, -0.2) is 0 Å². The van der Waals surface area contributed by atoms with Gasteiger partial charge in [0.25, 0.3) is 5.91 Å². The molecule has 3 amide bonds. The monoisotopic (exact) mass is 372 g/mol. The molecule has 146 valence electrons. The lowest BCUT2D eigenvalue weighted by Crippen LogP contribution is -2.45. The van der Waals surface area contributed by atoms with Crippen LogP contribution in [0.2, 0.25) is 0 Å². The number of amides is 3. The molecule has 0 saturated carbocycles. The van der Waals surface area contributed by atoms with E-state index in [1.54, 1.807) is 19.2 Å². The second kappa shape index (κ2) is 8.50. The molecule has 2 aliphatic heterocycles. The Morgan fingerprint density at radius 2 is 1.59 bits per heavy atom. The predicted octanol–water partition coefficient (Wildman–Crippen LogP) is 1.32. The van der Waals surface area contributed by atoms with Crippen LogP contribution < -0.4 is 0 Å². The molecule has 0 unspecified atom stereocenters. The van der Waals surface area contributed by atoms with Crippen LogP contribution >= 0.6 is 0 Å². The Balaban J connectivity index is 1.55. The summed E-state index contributed by atoms with van der Waals surface area (Å²) in [5.41, 5.74) is 1.48. The Bertz CT molecular complexity index is 696. The molecule has 3 heterocycles. The molecular weight excluding hydrogens is 344 g/mol. The standard InChI is InChI=1S/C20H28N4O3/c1-15-4-5-18(14-21-15)20(27)24-9-3-8-23(12-13-24)19(26)17-6-10-22(11-7-17)16(2)25/h4-5,14,17H,3,6-13H2,1-2H3. The van der Waals surface area contributed by atoms with Crippen LogP contribution in [0.5, 0.6) is 0 Å². The van der Waals surface area contributed by atoms with E-state index >= 15 is 0 Å². The average molecular weight is 372 g/mol. The van der Waals surface area contributed by atoms with Crippen LogP contribution in [-0.2, 0) is 9.59 Å². The molecule has 2 fully saturated rings. The summed E-state index contributed by atoms with van der Waals surface area (Å²) < 4.78 is 0. The van der Waals surface area contributed by atoms with Gasteiger partial charge in [0.1, 0.15) is 0 Å². The minimum Gasteiger partial charge on any atom is -0.343 e. The van der Waals surface area contributed by atoms with Crippen LogP contribution in [0.4, 0.5) is 0 Å². The number of piperidine rings is 1. The Labute approximate surface area is 160 Å². The predicted molar refractivity (Wildman–Crippen MR) is 101 cm³/mol. The molecule has 0 N–H and O–H groups in total. The molecule has 0 aliphatic carbocycles. The van der Waals surface area contributed by atoms with Crippen LogP contribution in [0.25, 0.3) is 0 Å². The Morgan fingerprint density at radius 3 is 2.22 bits per heavy atom. The second-order valence-corrected chi connectivity index (χ2v) is 7.44. The number of carbonyl (C=O) groups is 3. The molecule has 0 aromatic carbocycles. The van der Waals surface area contributed by atoms with Crippen LogP contribution in [0.1, 0.15) is 42.2 Å². The lowest BCUT2D eigenvalue weighted by Gasteiger charge is -2.33. The molecule has 1 aromatic heterocycles. The van der Waals surface area contributed by atoms with Gasteiger partial charge in [-0.05, 0) is 38.3 Å². The van der Waals surface area contributed by atoms with Crippen molar-refractivity contribution < 1.29 is 14.4 Å². The maximum Gasteiger partial charge on any atom is 0.255 e. The number of likely N-dealkylation sites (tertiary alicyclic amines) is 1. The van der Waals surface area contributed by atoms with Gasteiger partial charge in [-0.15, -0.1) is 0 Å². The zero-order chi connectivity index (χ0) is 19.4. The summed E-state index contributed by atoms with van der Waals surface area (Å²) in [6.07, 6.45) is 3.86. The number of nitrogens with zero attached hydrogens (tertiary/aromatic N) is 4. The van der Waals surface area contributed by atoms with Crippen LogP contribution in [0, 0.1) is 12.8 Å². The third-order valence-electron chi connectivity index (χ3n) is 5.54. The summed E-state index contributed by atoms with van der Waals surface area (Å²) in [5, 5.41) is 0. The third-order valence-corrected chi connectivity index (χ3v) is 5.54. The highest BCUT2D eigenvalue weighted by Gasteiger charge is 2.31. The van der Waals surface area contributed by atoms with Crippen molar-refractivity contribution in [1.82, 2.24) is 19.7 Å². The van der Waals surface area contributed by atoms with Gasteiger partial charge in [-0.2, -0.15) is 0 Å². The van der Waals surface area contributed by atoms with E-state index < -0.39 is 0 Å². The topological polar surface area (TPSA) is 73.8 Å². The normalized spacial score (nSPS) is 19.0. The lowest BCUT2D eigenvalue weighted by molar-refractivity contribution is -0.140. The van der Waals surface area contributed by atoms with Gasteiger partial charge in [0.05, 0.1) is 5.56 Å². The van der Waals surface area contributed by atoms with E-state index in [2.05, 4.69) is 4.98 Å². The summed E-state index contributed by atoms with van der Waals surface area (Å²) in [4.78, 5) is 46.7. The number of aryl methyl sites for hydroxylation is 1. The number of pyridine rings is 1. The summed E-state index contributed by atoms with van der Waals surface area (Å²) in [5.74, 6) is 0.218. The average Bonchev–Trinajstić information content (AvgIpc) is 2.94. The van der Waals surface area contributed by atoms with Crippen molar-refractivity contribution in [2.24, 2.45) is 5.92 Å². The fraction of sp³-hybridized carbons (Fsp3) is 0.600. The number of hydrogen-bond acceptors (Lipinski definition) is 4. The van der Waals surface area contributed by atoms with Gasteiger partial charge in [0, 0.05) is 64.0 Å². The number of aromatic nitrogens is 1. The molecule has 3 rings (SSSR count).